The van der Waals surface area contributed by atoms with Crippen LogP contribution in [0.3, 0.4) is 0 Å². The number of benzene rings is 1. The monoisotopic (exact) mass is 396 g/mol. The van der Waals surface area contributed by atoms with E-state index in [2.05, 4.69) is 26.5 Å². The van der Waals surface area contributed by atoms with E-state index in [4.69, 9.17) is 5.26 Å². The van der Waals surface area contributed by atoms with Gasteiger partial charge in [-0.2, -0.15) is 15.0 Å². The Morgan fingerprint density at radius 1 is 1.17 bits per heavy atom. The third-order valence-corrected chi connectivity index (χ3v) is 5.16. The highest BCUT2D eigenvalue weighted by atomic mass is 19.3. The number of nitrogens with zero attached hydrogens (tertiary/aromatic N) is 5. The minimum Gasteiger partial charge on any atom is -0.349 e. The Morgan fingerprint density at radius 2 is 1.86 bits per heavy atom. The van der Waals surface area contributed by atoms with Gasteiger partial charge in [0.1, 0.15) is 5.69 Å². The fraction of sp³-hybridized carbons (Fsp3) is 0.350. The second-order valence-electron chi connectivity index (χ2n) is 7.04. The second-order valence-corrected chi connectivity index (χ2v) is 7.04. The lowest BCUT2D eigenvalue weighted by molar-refractivity contribution is 0.0924. The van der Waals surface area contributed by atoms with Gasteiger partial charge in [-0.05, 0) is 31.7 Å². The Labute approximate surface area is 165 Å². The third-order valence-electron chi connectivity index (χ3n) is 5.16. The van der Waals surface area contributed by atoms with Crippen molar-refractivity contribution < 1.29 is 13.6 Å². The molecule has 3 aromatic rings. The van der Waals surface area contributed by atoms with Crippen LogP contribution >= 0.6 is 0 Å². The highest BCUT2D eigenvalue weighted by molar-refractivity contribution is 5.93. The topological polar surface area (TPSA) is 96.5 Å². The van der Waals surface area contributed by atoms with Crippen molar-refractivity contribution in [2.45, 2.75) is 38.2 Å². The molecule has 0 atom stereocenters. The highest BCUT2D eigenvalue weighted by Crippen LogP contribution is 2.28. The summed E-state index contributed by atoms with van der Waals surface area (Å²) in [5.41, 5.74) is 0.412. The van der Waals surface area contributed by atoms with Crippen LogP contribution in [0.5, 0.6) is 0 Å². The number of carbonyl (C=O) groups excluding carboxylic acids is 1. The number of aromatic nitrogens is 4. The average Bonchev–Trinajstić information content (AvgIpc) is 3.14. The summed E-state index contributed by atoms with van der Waals surface area (Å²) in [6.07, 6.45) is 3.07. The minimum absolute atomic E-state index is 0.0236. The number of nitriles is 1. The van der Waals surface area contributed by atoms with Crippen molar-refractivity contribution >= 4 is 16.8 Å². The molecule has 2 heterocycles. The summed E-state index contributed by atoms with van der Waals surface area (Å²) < 4.78 is 27.8. The first kappa shape index (κ1) is 18.9. The van der Waals surface area contributed by atoms with Crippen LogP contribution in [-0.2, 0) is 0 Å². The van der Waals surface area contributed by atoms with Crippen LogP contribution in [0.1, 0.15) is 48.2 Å². The molecule has 1 fully saturated rings. The van der Waals surface area contributed by atoms with E-state index in [1.807, 2.05) is 0 Å². The van der Waals surface area contributed by atoms with Crippen LogP contribution in [-0.4, -0.2) is 31.7 Å². The van der Waals surface area contributed by atoms with Crippen LogP contribution in [0, 0.1) is 17.2 Å². The predicted molar refractivity (Wildman–Crippen MR) is 100 cm³/mol. The molecular weight excluding hydrogens is 378 g/mol. The van der Waals surface area contributed by atoms with Gasteiger partial charge in [0.15, 0.2) is 0 Å². The molecule has 1 aliphatic carbocycles. The van der Waals surface area contributed by atoms with Gasteiger partial charge in [0, 0.05) is 29.7 Å². The van der Waals surface area contributed by atoms with Crippen molar-refractivity contribution in [3.8, 4) is 12.0 Å². The van der Waals surface area contributed by atoms with Gasteiger partial charge >= 0.3 is 0 Å². The predicted octanol–water partition coefficient (Wildman–Crippen LogP) is 3.57. The van der Waals surface area contributed by atoms with Crippen molar-refractivity contribution in [1.29, 1.82) is 5.26 Å². The molecule has 2 aromatic heterocycles. The fourth-order valence-electron chi connectivity index (χ4n) is 3.59. The maximum absolute atomic E-state index is 13.3. The summed E-state index contributed by atoms with van der Waals surface area (Å²) in [6.45, 7) is 0. The number of hydrogen-bond donors (Lipinski definition) is 1. The summed E-state index contributed by atoms with van der Waals surface area (Å²) in [5, 5.41) is 16.2. The zero-order valence-corrected chi connectivity index (χ0v) is 15.4. The highest BCUT2D eigenvalue weighted by Gasteiger charge is 2.23. The Morgan fingerprint density at radius 3 is 2.52 bits per heavy atom. The molecule has 0 spiro atoms. The van der Waals surface area contributed by atoms with Crippen molar-refractivity contribution in [2.75, 3.05) is 0 Å². The van der Waals surface area contributed by atoms with Gasteiger partial charge in [-0.15, -0.1) is 0 Å². The number of alkyl halides is 2. The van der Waals surface area contributed by atoms with Gasteiger partial charge in [0.05, 0.1) is 17.1 Å². The molecule has 0 bridgehead atoms. The number of carbonyl (C=O) groups is 1. The molecule has 1 saturated carbocycles. The quantitative estimate of drug-likeness (QED) is 0.727. The summed E-state index contributed by atoms with van der Waals surface area (Å²) in [7, 11) is 0. The molecule has 1 amide bonds. The van der Waals surface area contributed by atoms with Crippen LogP contribution in [0.15, 0.2) is 36.7 Å². The van der Waals surface area contributed by atoms with Crippen LogP contribution in [0.4, 0.5) is 8.78 Å². The standard InChI is InChI=1S/C20H18F2N6O/c21-18(22)17-15-3-1-2-4-16(15)28(27-17)20-24-10-13(11-25-20)19(29)26-14-7-5-12(9-23)6-8-14/h1-4,10-12,14,18H,5-8H2,(H,26,29). The summed E-state index contributed by atoms with van der Waals surface area (Å²) in [5.74, 6) is -0.123. The first-order valence-corrected chi connectivity index (χ1v) is 9.35. The normalized spacial score (nSPS) is 19.2. The Hall–Kier alpha value is -3.41. The van der Waals surface area contributed by atoms with Crippen molar-refractivity contribution in [1.82, 2.24) is 25.1 Å². The van der Waals surface area contributed by atoms with Gasteiger partial charge in [0.2, 0.25) is 0 Å². The first-order chi connectivity index (χ1) is 14.1. The van der Waals surface area contributed by atoms with Crippen LogP contribution in [0.2, 0.25) is 0 Å². The summed E-state index contributed by atoms with van der Waals surface area (Å²) in [6, 6.07) is 8.91. The zero-order valence-electron chi connectivity index (χ0n) is 15.4. The van der Waals surface area contributed by atoms with Crippen molar-refractivity contribution in [2.24, 2.45) is 5.92 Å². The number of hydrogen-bond acceptors (Lipinski definition) is 5. The number of fused-ring (bicyclic) bond motifs is 1. The minimum atomic E-state index is -2.72. The lowest BCUT2D eigenvalue weighted by atomic mass is 9.87. The van der Waals surface area contributed by atoms with Crippen LogP contribution < -0.4 is 5.32 Å². The lowest BCUT2D eigenvalue weighted by Crippen LogP contribution is -2.37. The Bertz CT molecular complexity index is 1060. The molecule has 1 aliphatic rings. The molecule has 0 saturated heterocycles. The fourth-order valence-corrected chi connectivity index (χ4v) is 3.59. The first-order valence-electron chi connectivity index (χ1n) is 9.35. The number of halogens is 2. The third kappa shape index (κ3) is 3.78. The largest absolute Gasteiger partial charge is 0.349 e. The SMILES string of the molecule is N#CC1CCC(NC(=O)c2cnc(-n3nc(C(F)F)c4ccccc43)nc2)CC1. The second kappa shape index (κ2) is 7.91. The van der Waals surface area contributed by atoms with Gasteiger partial charge in [-0.25, -0.2) is 18.7 Å². The molecule has 0 radical (unpaired) electrons. The zero-order chi connectivity index (χ0) is 20.4. The van der Waals surface area contributed by atoms with Gasteiger partial charge in [0.25, 0.3) is 18.3 Å². The lowest BCUT2D eigenvalue weighted by Gasteiger charge is -2.25. The van der Waals surface area contributed by atoms with E-state index in [1.54, 1.807) is 24.3 Å². The number of amides is 1. The smallest absolute Gasteiger partial charge is 0.282 e. The average molecular weight is 396 g/mol. The van der Waals surface area contributed by atoms with E-state index in [0.29, 0.717) is 10.9 Å². The van der Waals surface area contributed by atoms with E-state index >= 15 is 0 Å². The molecule has 0 aliphatic heterocycles. The van der Waals surface area contributed by atoms with Crippen molar-refractivity contribution in [3.05, 3.63) is 47.9 Å². The number of rotatable bonds is 4. The van der Waals surface area contributed by atoms with E-state index in [9.17, 15) is 13.6 Å². The molecule has 148 valence electrons. The van der Waals surface area contributed by atoms with Gasteiger partial charge < -0.3 is 5.32 Å². The maximum Gasteiger partial charge on any atom is 0.282 e. The molecule has 7 nitrogen and oxygen atoms in total. The maximum atomic E-state index is 13.3. The van der Waals surface area contributed by atoms with Crippen molar-refractivity contribution in [3.63, 3.8) is 0 Å². The number of para-hydroxylation sites is 1. The molecule has 1 aromatic carbocycles. The molecule has 4 rings (SSSR count). The molecular formula is C20H18F2N6O. The molecule has 29 heavy (non-hydrogen) atoms. The Kier molecular flexibility index (Phi) is 5.16. The molecule has 9 heteroatoms. The van der Waals surface area contributed by atoms with E-state index in [0.717, 1.165) is 25.7 Å². The Balaban J connectivity index is 1.52. The molecule has 0 unspecified atom stereocenters. The van der Waals surface area contributed by atoms with Crippen LogP contribution in [0.25, 0.3) is 16.9 Å². The van der Waals surface area contributed by atoms with E-state index < -0.39 is 6.43 Å². The summed E-state index contributed by atoms with van der Waals surface area (Å²) in [4.78, 5) is 20.7. The number of nitrogens with one attached hydrogen (secondary N) is 1. The van der Waals surface area contributed by atoms with E-state index in [-0.39, 0.29) is 35.1 Å². The summed E-state index contributed by atoms with van der Waals surface area (Å²) >= 11 is 0. The van der Waals surface area contributed by atoms with E-state index in [1.165, 1.54) is 17.1 Å². The molecule has 1 N–H and O–H groups in total. The van der Waals surface area contributed by atoms with Gasteiger partial charge in [-0.3, -0.25) is 4.79 Å². The van der Waals surface area contributed by atoms with Gasteiger partial charge in [-0.1, -0.05) is 18.2 Å².